The van der Waals surface area contributed by atoms with Gasteiger partial charge in [0.15, 0.2) is 0 Å². The molecule has 1 aliphatic heterocycles. The Morgan fingerprint density at radius 1 is 1.20 bits per heavy atom. The van der Waals surface area contributed by atoms with Crippen molar-refractivity contribution in [1.29, 1.82) is 0 Å². The van der Waals surface area contributed by atoms with Gasteiger partial charge in [0.2, 0.25) is 5.95 Å². The van der Waals surface area contributed by atoms with E-state index in [0.717, 1.165) is 29.7 Å². The first-order valence-electron chi connectivity index (χ1n) is 6.68. The van der Waals surface area contributed by atoms with Crippen LogP contribution in [0.15, 0.2) is 24.5 Å². The lowest BCUT2D eigenvalue weighted by Gasteiger charge is -2.32. The smallest absolute Gasteiger partial charge is 0.225 e. The molecule has 2 aromatic rings. The Balaban J connectivity index is 1.81. The third-order valence-corrected chi connectivity index (χ3v) is 3.22. The number of morpholine rings is 1. The van der Waals surface area contributed by atoms with Gasteiger partial charge in [0, 0.05) is 24.6 Å². The predicted molar refractivity (Wildman–Crippen MR) is 74.4 cm³/mol. The fraction of sp³-hybridized carbons (Fsp3) is 0.429. The van der Waals surface area contributed by atoms with E-state index in [-0.39, 0.29) is 6.10 Å². The van der Waals surface area contributed by atoms with Crippen molar-refractivity contribution in [3.8, 4) is 0 Å². The first-order valence-corrected chi connectivity index (χ1v) is 6.68. The SMILES string of the molecule is Cc1cc([C@H]2CN(c3ncccn3)CCO2)nc(C)n1. The molecule has 1 atom stereocenters. The molecule has 1 aliphatic rings. The van der Waals surface area contributed by atoms with E-state index >= 15 is 0 Å². The molecule has 0 aliphatic carbocycles. The summed E-state index contributed by atoms with van der Waals surface area (Å²) >= 11 is 0. The van der Waals surface area contributed by atoms with Crippen LogP contribution in [0.3, 0.4) is 0 Å². The number of ether oxygens (including phenoxy) is 1. The summed E-state index contributed by atoms with van der Waals surface area (Å²) in [5, 5.41) is 0. The van der Waals surface area contributed by atoms with Crippen molar-refractivity contribution in [3.63, 3.8) is 0 Å². The molecule has 0 saturated carbocycles. The Bertz CT molecular complexity index is 569. The number of nitrogens with zero attached hydrogens (tertiary/aromatic N) is 5. The lowest BCUT2D eigenvalue weighted by molar-refractivity contribution is 0.0362. The summed E-state index contributed by atoms with van der Waals surface area (Å²) in [6.07, 6.45) is 3.45. The van der Waals surface area contributed by atoms with Gasteiger partial charge in [-0.25, -0.2) is 19.9 Å². The van der Waals surface area contributed by atoms with E-state index in [0.29, 0.717) is 13.2 Å². The van der Waals surface area contributed by atoms with E-state index in [2.05, 4.69) is 24.8 Å². The van der Waals surface area contributed by atoms with E-state index in [1.165, 1.54) is 0 Å². The van der Waals surface area contributed by atoms with Crippen LogP contribution in [0.2, 0.25) is 0 Å². The monoisotopic (exact) mass is 271 g/mol. The highest BCUT2D eigenvalue weighted by Gasteiger charge is 2.25. The summed E-state index contributed by atoms with van der Waals surface area (Å²) in [5.41, 5.74) is 1.89. The number of hydrogen-bond donors (Lipinski definition) is 0. The quantitative estimate of drug-likeness (QED) is 0.824. The highest BCUT2D eigenvalue weighted by atomic mass is 16.5. The van der Waals surface area contributed by atoms with E-state index in [1.807, 2.05) is 26.0 Å². The first kappa shape index (κ1) is 12.9. The highest BCUT2D eigenvalue weighted by Crippen LogP contribution is 2.23. The molecular weight excluding hydrogens is 254 g/mol. The van der Waals surface area contributed by atoms with Crippen LogP contribution in [0.5, 0.6) is 0 Å². The summed E-state index contributed by atoms with van der Waals surface area (Å²) < 4.78 is 5.84. The van der Waals surface area contributed by atoms with Crippen molar-refractivity contribution in [2.24, 2.45) is 0 Å². The zero-order chi connectivity index (χ0) is 13.9. The minimum absolute atomic E-state index is 0.0621. The van der Waals surface area contributed by atoms with Crippen LogP contribution in [0.1, 0.15) is 23.3 Å². The topological polar surface area (TPSA) is 64.0 Å². The van der Waals surface area contributed by atoms with Crippen molar-refractivity contribution in [2.45, 2.75) is 20.0 Å². The van der Waals surface area contributed by atoms with Gasteiger partial charge in [0.05, 0.1) is 18.8 Å². The molecule has 0 spiro atoms. The molecule has 3 heterocycles. The van der Waals surface area contributed by atoms with E-state index in [4.69, 9.17) is 4.74 Å². The zero-order valence-electron chi connectivity index (χ0n) is 11.7. The van der Waals surface area contributed by atoms with Gasteiger partial charge in [-0.15, -0.1) is 0 Å². The molecule has 3 rings (SSSR count). The molecule has 0 aromatic carbocycles. The second-order valence-corrected chi connectivity index (χ2v) is 4.84. The van der Waals surface area contributed by atoms with Gasteiger partial charge in [-0.1, -0.05) is 0 Å². The fourth-order valence-electron chi connectivity index (χ4n) is 2.37. The highest BCUT2D eigenvalue weighted by molar-refractivity contribution is 5.30. The van der Waals surface area contributed by atoms with Crippen LogP contribution in [-0.2, 0) is 4.74 Å². The third kappa shape index (κ3) is 2.75. The Kier molecular flexibility index (Phi) is 3.56. The molecule has 104 valence electrons. The molecule has 6 nitrogen and oxygen atoms in total. The average molecular weight is 271 g/mol. The van der Waals surface area contributed by atoms with Gasteiger partial charge in [0.25, 0.3) is 0 Å². The molecule has 0 bridgehead atoms. The standard InChI is InChI=1S/C14H17N5O/c1-10-8-12(18-11(2)17-10)13-9-19(6-7-20-13)14-15-4-3-5-16-14/h3-5,8,13H,6-7,9H2,1-2H3/t13-/m1/s1. The summed E-state index contributed by atoms with van der Waals surface area (Å²) in [6.45, 7) is 6.02. The summed E-state index contributed by atoms with van der Waals surface area (Å²) in [7, 11) is 0. The van der Waals surface area contributed by atoms with Gasteiger partial charge < -0.3 is 9.64 Å². The summed E-state index contributed by atoms with van der Waals surface area (Å²) in [4.78, 5) is 19.5. The van der Waals surface area contributed by atoms with Crippen LogP contribution in [-0.4, -0.2) is 39.6 Å². The summed E-state index contributed by atoms with van der Waals surface area (Å²) in [5.74, 6) is 1.51. The van der Waals surface area contributed by atoms with Crippen molar-refractivity contribution >= 4 is 5.95 Å². The normalized spacial score (nSPS) is 19.1. The molecule has 6 heteroatoms. The van der Waals surface area contributed by atoms with E-state index < -0.39 is 0 Å². The van der Waals surface area contributed by atoms with Crippen molar-refractivity contribution < 1.29 is 4.74 Å². The molecule has 1 fully saturated rings. The Hall–Kier alpha value is -2.08. The van der Waals surface area contributed by atoms with Crippen molar-refractivity contribution in [3.05, 3.63) is 41.7 Å². The second-order valence-electron chi connectivity index (χ2n) is 4.84. The van der Waals surface area contributed by atoms with Crippen LogP contribution < -0.4 is 4.90 Å². The number of hydrogen-bond acceptors (Lipinski definition) is 6. The van der Waals surface area contributed by atoms with Crippen LogP contribution in [0.4, 0.5) is 5.95 Å². The lowest BCUT2D eigenvalue weighted by Crippen LogP contribution is -2.39. The van der Waals surface area contributed by atoms with Crippen LogP contribution >= 0.6 is 0 Å². The van der Waals surface area contributed by atoms with Crippen molar-refractivity contribution in [1.82, 2.24) is 19.9 Å². The Labute approximate surface area is 117 Å². The molecule has 2 aromatic heterocycles. The molecule has 0 N–H and O–H groups in total. The first-order chi connectivity index (χ1) is 9.72. The largest absolute Gasteiger partial charge is 0.368 e. The predicted octanol–water partition coefficient (Wildman–Crippen LogP) is 1.46. The number of rotatable bonds is 2. The molecule has 1 saturated heterocycles. The minimum Gasteiger partial charge on any atom is -0.368 e. The van der Waals surface area contributed by atoms with Gasteiger partial charge in [0.1, 0.15) is 11.9 Å². The van der Waals surface area contributed by atoms with Gasteiger partial charge in [-0.05, 0) is 26.0 Å². The number of aryl methyl sites for hydroxylation is 2. The van der Waals surface area contributed by atoms with E-state index in [1.54, 1.807) is 12.4 Å². The lowest BCUT2D eigenvalue weighted by atomic mass is 10.2. The van der Waals surface area contributed by atoms with Gasteiger partial charge >= 0.3 is 0 Å². The molecular formula is C14H17N5O. The Morgan fingerprint density at radius 3 is 2.75 bits per heavy atom. The minimum atomic E-state index is -0.0621. The fourth-order valence-corrected chi connectivity index (χ4v) is 2.37. The maximum absolute atomic E-state index is 5.84. The van der Waals surface area contributed by atoms with Gasteiger partial charge in [-0.2, -0.15) is 0 Å². The molecule has 0 amide bonds. The van der Waals surface area contributed by atoms with E-state index in [9.17, 15) is 0 Å². The maximum atomic E-state index is 5.84. The average Bonchev–Trinajstić information content (AvgIpc) is 2.47. The van der Waals surface area contributed by atoms with Crippen LogP contribution in [0, 0.1) is 13.8 Å². The molecule has 0 unspecified atom stereocenters. The zero-order valence-corrected chi connectivity index (χ0v) is 11.7. The van der Waals surface area contributed by atoms with Gasteiger partial charge in [-0.3, -0.25) is 0 Å². The second kappa shape index (κ2) is 5.50. The summed E-state index contributed by atoms with van der Waals surface area (Å²) in [6, 6.07) is 3.80. The maximum Gasteiger partial charge on any atom is 0.225 e. The number of anilines is 1. The molecule has 20 heavy (non-hydrogen) atoms. The number of aromatic nitrogens is 4. The molecule has 0 radical (unpaired) electrons. The van der Waals surface area contributed by atoms with Crippen molar-refractivity contribution in [2.75, 3.05) is 24.6 Å². The third-order valence-electron chi connectivity index (χ3n) is 3.22. The van der Waals surface area contributed by atoms with Crippen LogP contribution in [0.25, 0.3) is 0 Å². The Morgan fingerprint density at radius 2 is 2.00 bits per heavy atom.